The monoisotopic (exact) mass is 259 g/mol. The number of carbonyl (C=O) groups is 1. The predicted molar refractivity (Wildman–Crippen MR) is 76.1 cm³/mol. The summed E-state index contributed by atoms with van der Waals surface area (Å²) in [6.07, 6.45) is 11.7. The molecule has 0 saturated heterocycles. The van der Waals surface area contributed by atoms with Crippen molar-refractivity contribution in [3.8, 4) is 0 Å². The third kappa shape index (κ3) is 3.16. The molecule has 2 rings (SSSR count). The number of carbonyl (C=O) groups excluding carboxylic acids is 1. The molecular formula is C16H21NO2. The van der Waals surface area contributed by atoms with Crippen LogP contribution in [0.3, 0.4) is 0 Å². The zero-order chi connectivity index (χ0) is 13.8. The number of ether oxygens (including phenoxy) is 1. The van der Waals surface area contributed by atoms with Crippen LogP contribution in [0.5, 0.6) is 0 Å². The first-order valence-corrected chi connectivity index (χ1v) is 6.76. The van der Waals surface area contributed by atoms with E-state index in [4.69, 9.17) is 10.5 Å². The fraction of sp³-hybridized carbons (Fsp3) is 0.438. The Bertz CT molecular complexity index is 483. The maximum atomic E-state index is 12.1. The van der Waals surface area contributed by atoms with Crippen LogP contribution in [-0.2, 0) is 9.53 Å². The highest BCUT2D eigenvalue weighted by atomic mass is 16.5. The van der Waals surface area contributed by atoms with Gasteiger partial charge in [0.1, 0.15) is 6.61 Å². The van der Waals surface area contributed by atoms with Crippen LogP contribution < -0.4 is 5.73 Å². The summed E-state index contributed by atoms with van der Waals surface area (Å²) in [5.74, 6) is -0.168. The minimum Gasteiger partial charge on any atom is -0.460 e. The van der Waals surface area contributed by atoms with Crippen molar-refractivity contribution in [1.29, 1.82) is 0 Å². The molecule has 2 N–H and O–H groups in total. The van der Waals surface area contributed by atoms with Crippen molar-refractivity contribution in [2.24, 2.45) is 17.6 Å². The van der Waals surface area contributed by atoms with E-state index < -0.39 is 0 Å². The van der Waals surface area contributed by atoms with E-state index in [9.17, 15) is 4.79 Å². The lowest BCUT2D eigenvalue weighted by Gasteiger charge is -2.21. The van der Waals surface area contributed by atoms with Crippen LogP contribution in [-0.4, -0.2) is 12.6 Å². The van der Waals surface area contributed by atoms with Crippen molar-refractivity contribution in [2.45, 2.75) is 26.7 Å². The van der Waals surface area contributed by atoms with Gasteiger partial charge in [-0.05, 0) is 31.3 Å². The van der Waals surface area contributed by atoms with E-state index in [-0.39, 0.29) is 24.4 Å². The van der Waals surface area contributed by atoms with Gasteiger partial charge in [-0.1, -0.05) is 37.3 Å². The van der Waals surface area contributed by atoms with Gasteiger partial charge in [0.25, 0.3) is 0 Å². The minimum absolute atomic E-state index is 0.174. The van der Waals surface area contributed by atoms with Gasteiger partial charge in [0.2, 0.25) is 0 Å². The summed E-state index contributed by atoms with van der Waals surface area (Å²) >= 11 is 0. The van der Waals surface area contributed by atoms with Crippen LogP contribution in [0.1, 0.15) is 26.7 Å². The predicted octanol–water partition coefficient (Wildman–Crippen LogP) is 2.86. The Labute approximate surface area is 114 Å². The molecule has 2 unspecified atom stereocenters. The standard InChI is InChI=1S/C16H21NO2/c1-11-6-3-4-8-13(11)16(18)19-10-14-12(2)7-5-9-15(14)17/h3-4,6-8,11,13H,5,9-10,17H2,1-2H3. The number of nitrogens with two attached hydrogens (primary N) is 1. The quantitative estimate of drug-likeness (QED) is 0.793. The molecule has 0 heterocycles. The molecule has 19 heavy (non-hydrogen) atoms. The Morgan fingerprint density at radius 1 is 1.42 bits per heavy atom. The van der Waals surface area contributed by atoms with E-state index >= 15 is 0 Å². The third-order valence-electron chi connectivity index (χ3n) is 3.77. The highest BCUT2D eigenvalue weighted by Gasteiger charge is 2.24. The molecule has 0 amide bonds. The van der Waals surface area contributed by atoms with Crippen LogP contribution in [0, 0.1) is 11.8 Å². The molecule has 0 aliphatic heterocycles. The molecule has 0 fully saturated rings. The Balaban J connectivity index is 1.96. The largest absolute Gasteiger partial charge is 0.460 e. The van der Waals surface area contributed by atoms with Crippen LogP contribution in [0.4, 0.5) is 0 Å². The molecule has 0 aromatic carbocycles. The van der Waals surface area contributed by atoms with Gasteiger partial charge in [0.15, 0.2) is 0 Å². The molecule has 0 aromatic rings. The SMILES string of the molecule is CC1=CCCC(N)=C1COC(=O)C1C=CC=CC1C. The van der Waals surface area contributed by atoms with Gasteiger partial charge in [0.05, 0.1) is 5.92 Å². The second-order valence-corrected chi connectivity index (χ2v) is 5.19. The van der Waals surface area contributed by atoms with Crippen LogP contribution in [0.15, 0.2) is 47.2 Å². The number of hydrogen-bond donors (Lipinski definition) is 1. The van der Waals surface area contributed by atoms with Crippen molar-refractivity contribution >= 4 is 5.97 Å². The summed E-state index contributed by atoms with van der Waals surface area (Å²) in [6, 6.07) is 0. The van der Waals surface area contributed by atoms with Crippen molar-refractivity contribution in [2.75, 3.05) is 6.61 Å². The molecule has 0 aromatic heterocycles. The summed E-state index contributed by atoms with van der Waals surface area (Å²) < 4.78 is 5.43. The normalized spacial score (nSPS) is 26.3. The van der Waals surface area contributed by atoms with Crippen LogP contribution in [0.2, 0.25) is 0 Å². The van der Waals surface area contributed by atoms with Crippen LogP contribution in [0.25, 0.3) is 0 Å². The number of rotatable bonds is 3. The molecular weight excluding hydrogens is 238 g/mol. The highest BCUT2D eigenvalue weighted by Crippen LogP contribution is 2.24. The van der Waals surface area contributed by atoms with Gasteiger partial charge in [0, 0.05) is 11.3 Å². The lowest BCUT2D eigenvalue weighted by Crippen LogP contribution is -2.24. The van der Waals surface area contributed by atoms with E-state index in [1.54, 1.807) is 0 Å². The maximum Gasteiger partial charge on any atom is 0.313 e. The Morgan fingerprint density at radius 2 is 2.16 bits per heavy atom. The second-order valence-electron chi connectivity index (χ2n) is 5.19. The molecule has 2 aliphatic carbocycles. The van der Waals surface area contributed by atoms with Crippen LogP contribution >= 0.6 is 0 Å². The first-order valence-electron chi connectivity index (χ1n) is 6.76. The molecule has 3 nitrogen and oxygen atoms in total. The Morgan fingerprint density at radius 3 is 2.84 bits per heavy atom. The van der Waals surface area contributed by atoms with Gasteiger partial charge in [-0.15, -0.1) is 0 Å². The molecule has 2 atom stereocenters. The number of hydrogen-bond acceptors (Lipinski definition) is 3. The lowest BCUT2D eigenvalue weighted by molar-refractivity contribution is -0.146. The summed E-state index contributed by atoms with van der Waals surface area (Å²) in [5, 5.41) is 0. The second kappa shape index (κ2) is 5.91. The average Bonchev–Trinajstić information content (AvgIpc) is 2.38. The van der Waals surface area contributed by atoms with Gasteiger partial charge in [-0.2, -0.15) is 0 Å². The lowest BCUT2D eigenvalue weighted by atomic mass is 9.90. The zero-order valence-corrected chi connectivity index (χ0v) is 11.6. The molecule has 3 heteroatoms. The topological polar surface area (TPSA) is 52.3 Å². The molecule has 102 valence electrons. The first-order chi connectivity index (χ1) is 9.09. The highest BCUT2D eigenvalue weighted by molar-refractivity contribution is 5.75. The van der Waals surface area contributed by atoms with Gasteiger partial charge in [-0.25, -0.2) is 0 Å². The molecule has 0 radical (unpaired) electrons. The number of esters is 1. The van der Waals surface area contributed by atoms with Crippen molar-refractivity contribution in [3.05, 3.63) is 47.2 Å². The third-order valence-corrected chi connectivity index (χ3v) is 3.77. The molecule has 2 aliphatic rings. The summed E-state index contributed by atoms with van der Waals surface area (Å²) in [5.41, 5.74) is 8.93. The van der Waals surface area contributed by atoms with E-state index in [2.05, 4.69) is 6.08 Å². The molecule has 0 spiro atoms. The van der Waals surface area contributed by atoms with Crippen molar-refractivity contribution in [1.82, 2.24) is 0 Å². The van der Waals surface area contributed by atoms with Gasteiger partial charge < -0.3 is 10.5 Å². The fourth-order valence-electron chi connectivity index (χ4n) is 2.43. The zero-order valence-electron chi connectivity index (χ0n) is 11.6. The average molecular weight is 259 g/mol. The summed E-state index contributed by atoms with van der Waals surface area (Å²) in [4.78, 5) is 12.1. The summed E-state index contributed by atoms with van der Waals surface area (Å²) in [6.45, 7) is 4.32. The van der Waals surface area contributed by atoms with Gasteiger partial charge >= 0.3 is 5.97 Å². The minimum atomic E-state index is -0.181. The molecule has 0 bridgehead atoms. The Kier molecular flexibility index (Phi) is 4.25. The Hall–Kier alpha value is -1.77. The number of allylic oxidation sites excluding steroid dienone is 5. The smallest absolute Gasteiger partial charge is 0.313 e. The van der Waals surface area contributed by atoms with Crippen molar-refractivity contribution in [3.63, 3.8) is 0 Å². The first kappa shape index (κ1) is 13.7. The van der Waals surface area contributed by atoms with E-state index in [0.717, 1.165) is 29.7 Å². The van der Waals surface area contributed by atoms with Crippen molar-refractivity contribution < 1.29 is 9.53 Å². The molecule has 0 saturated carbocycles. The van der Waals surface area contributed by atoms with E-state index in [1.807, 2.05) is 38.2 Å². The van der Waals surface area contributed by atoms with E-state index in [0.29, 0.717) is 0 Å². The maximum absolute atomic E-state index is 12.1. The fourth-order valence-corrected chi connectivity index (χ4v) is 2.43. The van der Waals surface area contributed by atoms with Gasteiger partial charge in [-0.3, -0.25) is 4.79 Å². The van der Waals surface area contributed by atoms with E-state index in [1.165, 1.54) is 0 Å². The summed E-state index contributed by atoms with van der Waals surface area (Å²) in [7, 11) is 0.